The average Bonchev–Trinajstić information content (AvgIpc) is 2.91. The van der Waals surface area contributed by atoms with Crippen molar-refractivity contribution in [3.8, 4) is 6.07 Å². The molecule has 2 heterocycles. The van der Waals surface area contributed by atoms with Crippen molar-refractivity contribution in [3.63, 3.8) is 0 Å². The number of pyridine rings is 1. The van der Waals surface area contributed by atoms with Crippen molar-refractivity contribution in [3.05, 3.63) is 53.9 Å². The molecule has 0 unspecified atom stereocenters. The van der Waals surface area contributed by atoms with Crippen molar-refractivity contribution in [1.29, 1.82) is 5.26 Å². The monoisotopic (exact) mass is 264 g/mol. The van der Waals surface area contributed by atoms with Gasteiger partial charge in [-0.05, 0) is 36.2 Å². The van der Waals surface area contributed by atoms with Crippen LogP contribution in [-0.4, -0.2) is 17.6 Å². The van der Waals surface area contributed by atoms with E-state index in [0.29, 0.717) is 17.8 Å². The summed E-state index contributed by atoms with van der Waals surface area (Å²) in [6, 6.07) is 10.8. The minimum atomic E-state index is -0.190. The fraction of sp³-hybridized carbons (Fsp3) is 0.133. The van der Waals surface area contributed by atoms with Crippen LogP contribution in [-0.2, 0) is 6.42 Å². The van der Waals surface area contributed by atoms with E-state index < -0.39 is 0 Å². The number of fused-ring (bicyclic) bond motifs is 1. The fourth-order valence-electron chi connectivity index (χ4n) is 2.29. The van der Waals surface area contributed by atoms with E-state index >= 15 is 0 Å². The molecule has 1 aromatic heterocycles. The van der Waals surface area contributed by atoms with Gasteiger partial charge in [0.1, 0.15) is 0 Å². The molecule has 2 aromatic rings. The van der Waals surface area contributed by atoms with E-state index in [0.717, 1.165) is 17.7 Å². The van der Waals surface area contributed by atoms with Gasteiger partial charge in [-0.15, -0.1) is 0 Å². The molecule has 1 aliphatic heterocycles. The highest BCUT2D eigenvalue weighted by Gasteiger charge is 2.24. The normalized spacial score (nSPS) is 12.7. The largest absolute Gasteiger partial charge is 0.326 e. The van der Waals surface area contributed by atoms with Crippen LogP contribution >= 0.6 is 0 Å². The second-order valence-corrected chi connectivity index (χ2v) is 4.52. The lowest BCUT2D eigenvalue weighted by atomic mass is 10.1. The van der Waals surface area contributed by atoms with E-state index in [1.54, 1.807) is 41.6 Å². The maximum absolute atomic E-state index is 12.3. The van der Waals surface area contributed by atoms with E-state index in [4.69, 9.17) is 5.26 Å². The summed E-state index contributed by atoms with van der Waals surface area (Å²) in [5.74, 6) is 0. The van der Waals surface area contributed by atoms with Gasteiger partial charge in [-0.1, -0.05) is 6.07 Å². The van der Waals surface area contributed by atoms with Gasteiger partial charge in [0.25, 0.3) is 0 Å². The molecule has 0 saturated carbocycles. The number of hydrogen-bond donors (Lipinski definition) is 1. The Bertz CT molecular complexity index is 691. The molecule has 1 aromatic carbocycles. The van der Waals surface area contributed by atoms with Crippen LogP contribution in [0.5, 0.6) is 0 Å². The van der Waals surface area contributed by atoms with Gasteiger partial charge in [0.05, 0.1) is 11.6 Å². The smallest absolute Gasteiger partial charge is 0.307 e. The molecule has 2 amide bonds. The van der Waals surface area contributed by atoms with Crippen molar-refractivity contribution in [1.82, 2.24) is 4.98 Å². The number of hydrogen-bond acceptors (Lipinski definition) is 3. The molecule has 0 radical (unpaired) electrons. The predicted molar refractivity (Wildman–Crippen MR) is 75.5 cm³/mol. The van der Waals surface area contributed by atoms with Crippen LogP contribution in [0.1, 0.15) is 11.1 Å². The summed E-state index contributed by atoms with van der Waals surface area (Å²) in [7, 11) is 0. The van der Waals surface area contributed by atoms with E-state index in [2.05, 4.69) is 16.4 Å². The summed E-state index contributed by atoms with van der Waals surface area (Å²) in [5.41, 5.74) is 3.17. The van der Waals surface area contributed by atoms with Crippen LogP contribution in [0.2, 0.25) is 0 Å². The van der Waals surface area contributed by atoms with Crippen LogP contribution < -0.4 is 10.2 Å². The van der Waals surface area contributed by atoms with Crippen molar-refractivity contribution < 1.29 is 4.79 Å². The molecule has 0 atom stereocenters. The number of nitriles is 1. The number of nitrogens with zero attached hydrogens (tertiary/aromatic N) is 3. The first-order valence-electron chi connectivity index (χ1n) is 6.29. The number of carbonyl (C=O) groups is 1. The standard InChI is InChI=1S/C15H12N4O/c16-10-11-1-2-12-5-8-19(14(12)9-11)15(20)18-13-3-6-17-7-4-13/h1-4,6-7,9H,5,8H2,(H,17,18,20). The summed E-state index contributed by atoms with van der Waals surface area (Å²) in [6.45, 7) is 0.626. The highest BCUT2D eigenvalue weighted by molar-refractivity contribution is 6.03. The zero-order chi connectivity index (χ0) is 13.9. The Morgan fingerprint density at radius 3 is 2.85 bits per heavy atom. The summed E-state index contributed by atoms with van der Waals surface area (Å²) in [5, 5.41) is 11.8. The third-order valence-electron chi connectivity index (χ3n) is 3.29. The van der Waals surface area contributed by atoms with Crippen LogP contribution in [0.4, 0.5) is 16.2 Å². The number of benzene rings is 1. The number of anilines is 2. The van der Waals surface area contributed by atoms with E-state index in [9.17, 15) is 4.79 Å². The number of carbonyl (C=O) groups excluding carboxylic acids is 1. The SMILES string of the molecule is N#Cc1ccc2c(c1)N(C(=O)Nc1ccncc1)CC2. The quantitative estimate of drug-likeness (QED) is 0.860. The number of nitrogens with one attached hydrogen (secondary N) is 1. The van der Waals surface area contributed by atoms with E-state index in [1.807, 2.05) is 6.07 Å². The van der Waals surface area contributed by atoms with E-state index in [1.165, 1.54) is 0 Å². The fourth-order valence-corrected chi connectivity index (χ4v) is 2.29. The number of amides is 2. The van der Waals surface area contributed by atoms with Gasteiger partial charge in [-0.2, -0.15) is 5.26 Å². The third-order valence-corrected chi connectivity index (χ3v) is 3.29. The summed E-state index contributed by atoms with van der Waals surface area (Å²) >= 11 is 0. The topological polar surface area (TPSA) is 69.0 Å². The summed E-state index contributed by atoms with van der Waals surface area (Å²) in [6.07, 6.45) is 4.06. The molecule has 98 valence electrons. The molecule has 20 heavy (non-hydrogen) atoms. The van der Waals surface area contributed by atoms with Crippen LogP contribution in [0, 0.1) is 11.3 Å². The summed E-state index contributed by atoms with van der Waals surface area (Å²) < 4.78 is 0. The second-order valence-electron chi connectivity index (χ2n) is 4.52. The molecule has 3 rings (SSSR count). The Kier molecular flexibility index (Phi) is 3.05. The van der Waals surface area contributed by atoms with Crippen molar-refractivity contribution >= 4 is 17.4 Å². The first-order chi connectivity index (χ1) is 9.78. The molecule has 0 aliphatic carbocycles. The average molecular weight is 264 g/mol. The Balaban J connectivity index is 1.84. The van der Waals surface area contributed by atoms with Crippen molar-refractivity contribution in [2.45, 2.75) is 6.42 Å². The van der Waals surface area contributed by atoms with E-state index in [-0.39, 0.29) is 6.03 Å². The Labute approximate surface area is 116 Å². The molecular weight excluding hydrogens is 252 g/mol. The highest BCUT2D eigenvalue weighted by Crippen LogP contribution is 2.29. The number of rotatable bonds is 1. The van der Waals surface area contributed by atoms with Crippen LogP contribution in [0.25, 0.3) is 0 Å². The molecule has 0 fully saturated rings. The molecular formula is C15H12N4O. The molecule has 1 aliphatic rings. The second kappa shape index (κ2) is 5.02. The van der Waals surface area contributed by atoms with Gasteiger partial charge >= 0.3 is 6.03 Å². The first-order valence-corrected chi connectivity index (χ1v) is 6.29. The van der Waals surface area contributed by atoms with Crippen molar-refractivity contribution in [2.75, 3.05) is 16.8 Å². The number of urea groups is 1. The minimum Gasteiger partial charge on any atom is -0.307 e. The Morgan fingerprint density at radius 1 is 1.30 bits per heavy atom. The lowest BCUT2D eigenvalue weighted by molar-refractivity contribution is 0.257. The first kappa shape index (κ1) is 12.2. The zero-order valence-corrected chi connectivity index (χ0v) is 10.7. The number of aromatic nitrogens is 1. The van der Waals surface area contributed by atoms with Crippen molar-refractivity contribution in [2.24, 2.45) is 0 Å². The third kappa shape index (κ3) is 2.19. The predicted octanol–water partition coefficient (Wildman–Crippen LogP) is 2.55. The molecule has 0 bridgehead atoms. The van der Waals surface area contributed by atoms with Crippen LogP contribution in [0.15, 0.2) is 42.7 Å². The maximum Gasteiger partial charge on any atom is 0.326 e. The highest BCUT2D eigenvalue weighted by atomic mass is 16.2. The van der Waals surface area contributed by atoms with Crippen LogP contribution in [0.3, 0.4) is 0 Å². The summed E-state index contributed by atoms with van der Waals surface area (Å²) in [4.78, 5) is 17.9. The van der Waals surface area contributed by atoms with Gasteiger partial charge < -0.3 is 5.32 Å². The zero-order valence-electron chi connectivity index (χ0n) is 10.7. The van der Waals surface area contributed by atoms with Gasteiger partial charge in [0, 0.05) is 30.3 Å². The minimum absolute atomic E-state index is 0.190. The Hall–Kier alpha value is -2.87. The molecule has 5 nitrogen and oxygen atoms in total. The van der Waals surface area contributed by atoms with Gasteiger partial charge in [0.2, 0.25) is 0 Å². The maximum atomic E-state index is 12.3. The van der Waals surface area contributed by atoms with Gasteiger partial charge in [-0.25, -0.2) is 4.79 Å². The lowest BCUT2D eigenvalue weighted by Crippen LogP contribution is -2.33. The molecule has 0 spiro atoms. The molecule has 0 saturated heterocycles. The van der Waals surface area contributed by atoms with Gasteiger partial charge in [0.15, 0.2) is 0 Å². The Morgan fingerprint density at radius 2 is 2.10 bits per heavy atom. The lowest BCUT2D eigenvalue weighted by Gasteiger charge is -2.18. The molecule has 5 heteroatoms. The van der Waals surface area contributed by atoms with Gasteiger partial charge in [-0.3, -0.25) is 9.88 Å². The molecule has 1 N–H and O–H groups in total.